The molecule has 0 amide bonds. The fraction of sp³-hybridized carbons (Fsp3) is 0.333. The number of hydrogen-bond donors (Lipinski definition) is 1. The van der Waals surface area contributed by atoms with Crippen LogP contribution >= 0.6 is 0 Å². The number of rotatable bonds is 5. The third-order valence-corrected chi connectivity index (χ3v) is 7.40. The van der Waals surface area contributed by atoms with Crippen LogP contribution in [0.2, 0.25) is 0 Å². The molecule has 26 heavy (non-hydrogen) atoms. The van der Waals surface area contributed by atoms with Crippen LogP contribution < -0.4 is 4.74 Å². The van der Waals surface area contributed by atoms with Crippen molar-refractivity contribution >= 4 is 31.9 Å². The molecule has 8 heteroatoms. The third-order valence-electron chi connectivity index (χ3n) is 4.56. The molecule has 1 heterocycles. The average molecular weight is 396 g/mol. The summed E-state index contributed by atoms with van der Waals surface area (Å²) in [5.74, 6) is 0.599. The maximum Gasteiger partial charge on any atom is 0.264 e. The molecular formula is C18H21NO5S2. The van der Waals surface area contributed by atoms with Crippen LogP contribution in [-0.2, 0) is 21.1 Å². The quantitative estimate of drug-likeness (QED) is 0.784. The molecule has 2 aromatic rings. The first kappa shape index (κ1) is 18.9. The van der Waals surface area contributed by atoms with E-state index in [1.165, 1.54) is 10.4 Å². The summed E-state index contributed by atoms with van der Waals surface area (Å²) in [7, 11) is -2.31. The van der Waals surface area contributed by atoms with Gasteiger partial charge in [0, 0.05) is 23.0 Å². The second kappa shape index (κ2) is 7.38. The first-order chi connectivity index (χ1) is 12.4. The summed E-state index contributed by atoms with van der Waals surface area (Å²) in [6.07, 6.45) is 1.43. The molecule has 2 aromatic carbocycles. The highest BCUT2D eigenvalue weighted by atomic mass is 32.2. The Bertz CT molecular complexity index is 998. The van der Waals surface area contributed by atoms with Gasteiger partial charge in [-0.05, 0) is 31.4 Å². The zero-order chi connectivity index (χ0) is 18.9. The fourth-order valence-electron chi connectivity index (χ4n) is 3.39. The van der Waals surface area contributed by atoms with Gasteiger partial charge in [0.15, 0.2) is 11.1 Å². The van der Waals surface area contributed by atoms with Gasteiger partial charge in [0.2, 0.25) is 0 Å². The highest BCUT2D eigenvalue weighted by Crippen LogP contribution is 2.37. The topological polar surface area (TPSA) is 83.9 Å². The van der Waals surface area contributed by atoms with E-state index in [4.69, 9.17) is 4.74 Å². The van der Waals surface area contributed by atoms with Crippen molar-refractivity contribution in [3.63, 3.8) is 0 Å². The van der Waals surface area contributed by atoms with Gasteiger partial charge >= 0.3 is 0 Å². The van der Waals surface area contributed by atoms with Gasteiger partial charge < -0.3 is 9.29 Å². The molecule has 1 unspecified atom stereocenters. The maximum absolute atomic E-state index is 13.4. The Kier molecular flexibility index (Phi) is 5.36. The molecule has 1 aliphatic heterocycles. The minimum absolute atomic E-state index is 0.174. The Morgan fingerprint density at radius 3 is 2.54 bits per heavy atom. The summed E-state index contributed by atoms with van der Waals surface area (Å²) in [5, 5.41) is 1.28. The standard InChI is InChI=1S/C18H21NO5S2/c1-3-17(25(20)21)15-9-6-12-19(15)26(22,23)18-11-10-16(24-2)13-7-4-5-8-14(13)18/h4-5,7-8,10-11H,3,6,9,12H2,1-2H3,(H,20,21). The van der Waals surface area contributed by atoms with Gasteiger partial charge in [-0.1, -0.05) is 31.2 Å². The first-order valence-corrected chi connectivity index (χ1v) is 10.9. The molecular weight excluding hydrogens is 374 g/mol. The van der Waals surface area contributed by atoms with Crippen molar-refractivity contribution in [2.45, 2.75) is 31.1 Å². The summed E-state index contributed by atoms with van der Waals surface area (Å²) in [4.78, 5) is 0.441. The lowest BCUT2D eigenvalue weighted by atomic mass is 10.1. The van der Waals surface area contributed by atoms with Crippen LogP contribution in [0.3, 0.4) is 0 Å². The number of sulfonamides is 1. The van der Waals surface area contributed by atoms with E-state index in [1.54, 1.807) is 32.2 Å². The van der Waals surface area contributed by atoms with Gasteiger partial charge in [0.05, 0.1) is 16.9 Å². The predicted octanol–water partition coefficient (Wildman–Crippen LogP) is 3.48. The number of methoxy groups -OCH3 is 1. The van der Waals surface area contributed by atoms with Gasteiger partial charge in [-0.3, -0.25) is 4.31 Å². The average Bonchev–Trinajstić information content (AvgIpc) is 3.11. The SMILES string of the molecule is CCC(=C1CCCN1S(=O)(=O)c1ccc(OC)c2ccccc12)S(=O)O. The molecule has 0 aromatic heterocycles. The molecule has 0 bridgehead atoms. The normalized spacial score (nSPS) is 18.2. The molecule has 1 saturated heterocycles. The second-order valence-corrected chi connectivity index (χ2v) is 8.79. The molecule has 0 spiro atoms. The third kappa shape index (κ3) is 3.13. The molecule has 1 N–H and O–H groups in total. The van der Waals surface area contributed by atoms with Crippen molar-refractivity contribution in [1.82, 2.24) is 4.31 Å². The minimum atomic E-state index is -3.85. The Morgan fingerprint density at radius 2 is 1.92 bits per heavy atom. The summed E-state index contributed by atoms with van der Waals surface area (Å²) in [6.45, 7) is 2.06. The molecule has 6 nitrogen and oxygen atoms in total. The number of benzene rings is 2. The zero-order valence-electron chi connectivity index (χ0n) is 14.6. The lowest BCUT2D eigenvalue weighted by molar-refractivity contribution is 0.419. The van der Waals surface area contributed by atoms with Gasteiger partial charge in [-0.2, -0.15) is 0 Å². The van der Waals surface area contributed by atoms with Crippen molar-refractivity contribution in [1.29, 1.82) is 0 Å². The van der Waals surface area contributed by atoms with Crippen LogP contribution in [0.4, 0.5) is 0 Å². The molecule has 1 aliphatic rings. The fourth-order valence-corrected chi connectivity index (χ4v) is 5.90. The Morgan fingerprint density at radius 1 is 1.23 bits per heavy atom. The number of ether oxygens (including phenoxy) is 1. The number of allylic oxidation sites excluding steroid dienone is 2. The van der Waals surface area contributed by atoms with E-state index in [1.807, 2.05) is 12.1 Å². The zero-order valence-corrected chi connectivity index (χ0v) is 16.3. The van der Waals surface area contributed by atoms with Gasteiger partial charge in [-0.15, -0.1) is 0 Å². The largest absolute Gasteiger partial charge is 0.496 e. The Hall–Kier alpha value is -1.90. The Balaban J connectivity index is 2.21. The van der Waals surface area contributed by atoms with Gasteiger partial charge in [0.25, 0.3) is 10.0 Å². The summed E-state index contributed by atoms with van der Waals surface area (Å²) >= 11 is -2.18. The summed E-state index contributed by atoms with van der Waals surface area (Å²) < 4.78 is 54.5. The molecule has 1 fully saturated rings. The van der Waals surface area contributed by atoms with E-state index in [-0.39, 0.29) is 9.80 Å². The highest BCUT2D eigenvalue weighted by molar-refractivity contribution is 7.89. The van der Waals surface area contributed by atoms with E-state index in [9.17, 15) is 17.2 Å². The van der Waals surface area contributed by atoms with Crippen LogP contribution in [0.1, 0.15) is 26.2 Å². The Labute approximate surface area is 155 Å². The van der Waals surface area contributed by atoms with Crippen molar-refractivity contribution in [3.8, 4) is 5.75 Å². The van der Waals surface area contributed by atoms with Gasteiger partial charge in [-0.25, -0.2) is 12.6 Å². The number of fused-ring (bicyclic) bond motifs is 1. The van der Waals surface area contributed by atoms with Crippen LogP contribution in [0.25, 0.3) is 10.8 Å². The summed E-state index contributed by atoms with van der Waals surface area (Å²) in [6, 6.07) is 10.3. The molecule has 140 valence electrons. The molecule has 0 aliphatic carbocycles. The van der Waals surface area contributed by atoms with Crippen LogP contribution in [0.15, 0.2) is 51.9 Å². The predicted molar refractivity (Wildman–Crippen MR) is 102 cm³/mol. The first-order valence-electron chi connectivity index (χ1n) is 8.33. The van der Waals surface area contributed by atoms with Crippen molar-refractivity contribution in [3.05, 3.63) is 47.0 Å². The van der Waals surface area contributed by atoms with Gasteiger partial charge in [0.1, 0.15) is 5.75 Å². The lowest BCUT2D eigenvalue weighted by Gasteiger charge is -2.23. The summed E-state index contributed by atoms with van der Waals surface area (Å²) in [5.41, 5.74) is 0.438. The van der Waals surface area contributed by atoms with E-state index in [0.717, 1.165) is 0 Å². The molecule has 0 radical (unpaired) electrons. The van der Waals surface area contributed by atoms with Crippen LogP contribution in [0.5, 0.6) is 5.75 Å². The monoisotopic (exact) mass is 395 g/mol. The van der Waals surface area contributed by atoms with E-state index in [0.29, 0.717) is 48.0 Å². The molecule has 3 rings (SSSR count). The molecule has 0 saturated carbocycles. The van der Waals surface area contributed by atoms with E-state index >= 15 is 0 Å². The maximum atomic E-state index is 13.4. The number of hydrogen-bond acceptors (Lipinski definition) is 4. The minimum Gasteiger partial charge on any atom is -0.496 e. The lowest BCUT2D eigenvalue weighted by Crippen LogP contribution is -2.28. The van der Waals surface area contributed by atoms with E-state index in [2.05, 4.69) is 0 Å². The van der Waals surface area contributed by atoms with Crippen LogP contribution in [0, 0.1) is 0 Å². The number of nitrogens with zero attached hydrogens (tertiary/aromatic N) is 1. The van der Waals surface area contributed by atoms with E-state index < -0.39 is 21.1 Å². The highest BCUT2D eigenvalue weighted by Gasteiger charge is 2.34. The second-order valence-electron chi connectivity index (χ2n) is 5.96. The van der Waals surface area contributed by atoms with Crippen molar-refractivity contribution < 1.29 is 21.9 Å². The molecule has 1 atom stereocenters. The van der Waals surface area contributed by atoms with Crippen molar-refractivity contribution in [2.75, 3.05) is 13.7 Å². The van der Waals surface area contributed by atoms with Crippen LogP contribution in [-0.4, -0.2) is 35.1 Å². The smallest absolute Gasteiger partial charge is 0.264 e. The van der Waals surface area contributed by atoms with Crippen molar-refractivity contribution in [2.24, 2.45) is 0 Å².